The molecule has 2 atom stereocenters. The standard InChI is InChI=1S/C10H14BrNO2/c1-6(13)10(12)8-5-7(14-2)3-4-9(8)11/h3-6,10,13H,12H2,1-2H3/t6-,10-/m0/s1. The molecule has 0 amide bonds. The molecule has 0 aliphatic heterocycles. The Balaban J connectivity index is 3.05. The van der Waals surface area contributed by atoms with E-state index >= 15 is 0 Å². The first-order chi connectivity index (χ1) is 6.56. The van der Waals surface area contributed by atoms with E-state index in [1.165, 1.54) is 0 Å². The third kappa shape index (κ3) is 2.47. The summed E-state index contributed by atoms with van der Waals surface area (Å²) in [4.78, 5) is 0. The van der Waals surface area contributed by atoms with Gasteiger partial charge in [0.25, 0.3) is 0 Å². The van der Waals surface area contributed by atoms with Gasteiger partial charge in [0.05, 0.1) is 19.3 Å². The maximum atomic E-state index is 9.38. The van der Waals surface area contributed by atoms with Crippen LogP contribution < -0.4 is 10.5 Å². The molecule has 0 heterocycles. The first kappa shape index (κ1) is 11.5. The fourth-order valence-electron chi connectivity index (χ4n) is 1.16. The van der Waals surface area contributed by atoms with Gasteiger partial charge in [-0.25, -0.2) is 0 Å². The monoisotopic (exact) mass is 259 g/mol. The van der Waals surface area contributed by atoms with E-state index in [0.717, 1.165) is 15.8 Å². The predicted octanol–water partition coefficient (Wildman–Crippen LogP) is 1.84. The van der Waals surface area contributed by atoms with Crippen molar-refractivity contribution in [3.05, 3.63) is 28.2 Å². The lowest BCUT2D eigenvalue weighted by Gasteiger charge is -2.17. The van der Waals surface area contributed by atoms with Gasteiger partial charge in [0.1, 0.15) is 5.75 Å². The Morgan fingerprint density at radius 1 is 1.50 bits per heavy atom. The lowest BCUT2D eigenvalue weighted by molar-refractivity contribution is 0.164. The molecule has 3 N–H and O–H groups in total. The first-order valence-corrected chi connectivity index (χ1v) is 5.12. The van der Waals surface area contributed by atoms with Gasteiger partial charge >= 0.3 is 0 Å². The van der Waals surface area contributed by atoms with Crippen LogP contribution in [0.15, 0.2) is 22.7 Å². The van der Waals surface area contributed by atoms with E-state index in [2.05, 4.69) is 15.9 Å². The second-order valence-corrected chi connectivity index (χ2v) is 4.01. The van der Waals surface area contributed by atoms with Crippen molar-refractivity contribution in [1.29, 1.82) is 0 Å². The lowest BCUT2D eigenvalue weighted by atomic mass is 10.0. The van der Waals surface area contributed by atoms with Gasteiger partial charge in [-0.15, -0.1) is 0 Å². The molecule has 0 saturated heterocycles. The third-order valence-corrected chi connectivity index (χ3v) is 2.80. The first-order valence-electron chi connectivity index (χ1n) is 4.33. The highest BCUT2D eigenvalue weighted by molar-refractivity contribution is 9.10. The number of nitrogens with two attached hydrogens (primary N) is 1. The van der Waals surface area contributed by atoms with E-state index in [0.29, 0.717) is 0 Å². The van der Waals surface area contributed by atoms with Crippen molar-refractivity contribution in [2.45, 2.75) is 19.1 Å². The molecular formula is C10H14BrNO2. The normalized spacial score (nSPS) is 14.9. The van der Waals surface area contributed by atoms with E-state index in [1.807, 2.05) is 18.2 Å². The molecule has 1 aromatic carbocycles. The van der Waals surface area contributed by atoms with E-state index < -0.39 is 12.1 Å². The van der Waals surface area contributed by atoms with Crippen molar-refractivity contribution in [3.63, 3.8) is 0 Å². The zero-order valence-electron chi connectivity index (χ0n) is 8.20. The largest absolute Gasteiger partial charge is 0.497 e. The molecule has 0 fully saturated rings. The predicted molar refractivity (Wildman–Crippen MR) is 59.3 cm³/mol. The van der Waals surface area contributed by atoms with Crippen LogP contribution in [0.25, 0.3) is 0 Å². The van der Waals surface area contributed by atoms with Crippen LogP contribution in [0.3, 0.4) is 0 Å². The highest BCUT2D eigenvalue weighted by atomic mass is 79.9. The van der Waals surface area contributed by atoms with E-state index in [9.17, 15) is 5.11 Å². The fourth-order valence-corrected chi connectivity index (χ4v) is 1.68. The molecule has 1 rings (SSSR count). The molecule has 0 aromatic heterocycles. The summed E-state index contributed by atoms with van der Waals surface area (Å²) in [6.07, 6.45) is -0.585. The fraction of sp³-hybridized carbons (Fsp3) is 0.400. The minimum absolute atomic E-state index is 0.403. The van der Waals surface area contributed by atoms with Crippen LogP contribution in [0.5, 0.6) is 5.75 Å². The molecule has 78 valence electrons. The van der Waals surface area contributed by atoms with Crippen molar-refractivity contribution < 1.29 is 9.84 Å². The summed E-state index contributed by atoms with van der Waals surface area (Å²) >= 11 is 3.38. The minimum atomic E-state index is -0.585. The summed E-state index contributed by atoms with van der Waals surface area (Å²) in [6, 6.07) is 5.11. The summed E-state index contributed by atoms with van der Waals surface area (Å²) in [5.74, 6) is 0.735. The third-order valence-electron chi connectivity index (χ3n) is 2.08. The Kier molecular flexibility index (Phi) is 3.92. The molecule has 4 heteroatoms. The quantitative estimate of drug-likeness (QED) is 0.871. The SMILES string of the molecule is COc1ccc(Br)c([C@@H](N)[C@H](C)O)c1. The molecule has 0 unspecified atom stereocenters. The van der Waals surface area contributed by atoms with E-state index in [1.54, 1.807) is 14.0 Å². The van der Waals surface area contributed by atoms with Crippen LogP contribution in [0.2, 0.25) is 0 Å². The van der Waals surface area contributed by atoms with Gasteiger partial charge in [0.2, 0.25) is 0 Å². The molecule has 0 bridgehead atoms. The van der Waals surface area contributed by atoms with Crippen molar-refractivity contribution in [3.8, 4) is 5.75 Å². The molecule has 14 heavy (non-hydrogen) atoms. The van der Waals surface area contributed by atoms with Gasteiger partial charge in [-0.05, 0) is 30.7 Å². The van der Waals surface area contributed by atoms with Crippen LogP contribution in [-0.2, 0) is 0 Å². The van der Waals surface area contributed by atoms with Crippen molar-refractivity contribution in [2.24, 2.45) is 5.73 Å². The number of ether oxygens (including phenoxy) is 1. The zero-order chi connectivity index (χ0) is 10.7. The van der Waals surface area contributed by atoms with Gasteiger partial charge in [0, 0.05) is 4.47 Å². The summed E-state index contributed by atoms with van der Waals surface area (Å²) in [7, 11) is 1.60. The number of hydrogen-bond acceptors (Lipinski definition) is 3. The summed E-state index contributed by atoms with van der Waals surface area (Å²) in [6.45, 7) is 1.66. The Labute approximate surface area is 92.0 Å². The number of rotatable bonds is 3. The van der Waals surface area contributed by atoms with E-state index in [-0.39, 0.29) is 0 Å². The minimum Gasteiger partial charge on any atom is -0.497 e. The van der Waals surface area contributed by atoms with Gasteiger partial charge in [-0.3, -0.25) is 0 Å². The van der Waals surface area contributed by atoms with E-state index in [4.69, 9.17) is 10.5 Å². The van der Waals surface area contributed by atoms with Gasteiger partial charge in [-0.2, -0.15) is 0 Å². The second-order valence-electron chi connectivity index (χ2n) is 3.15. The van der Waals surface area contributed by atoms with Crippen molar-refractivity contribution >= 4 is 15.9 Å². The summed E-state index contributed by atoms with van der Waals surface area (Å²) in [5.41, 5.74) is 6.67. The molecule has 1 aromatic rings. The molecule has 0 saturated carbocycles. The molecular weight excluding hydrogens is 246 g/mol. The highest BCUT2D eigenvalue weighted by Gasteiger charge is 2.15. The number of hydrogen-bond donors (Lipinski definition) is 2. The number of aliphatic hydroxyl groups is 1. The highest BCUT2D eigenvalue weighted by Crippen LogP contribution is 2.28. The number of methoxy groups -OCH3 is 1. The Bertz CT molecular complexity index is 315. The average Bonchev–Trinajstić information content (AvgIpc) is 2.17. The zero-order valence-corrected chi connectivity index (χ0v) is 9.78. The smallest absolute Gasteiger partial charge is 0.119 e. The maximum absolute atomic E-state index is 9.38. The maximum Gasteiger partial charge on any atom is 0.119 e. The number of halogens is 1. The Morgan fingerprint density at radius 2 is 2.14 bits per heavy atom. The van der Waals surface area contributed by atoms with Crippen molar-refractivity contribution in [2.75, 3.05) is 7.11 Å². The molecule has 0 aliphatic rings. The Morgan fingerprint density at radius 3 is 2.64 bits per heavy atom. The topological polar surface area (TPSA) is 55.5 Å². The van der Waals surface area contributed by atoms with Crippen LogP contribution in [0, 0.1) is 0 Å². The van der Waals surface area contributed by atoms with Crippen LogP contribution in [0.1, 0.15) is 18.5 Å². The van der Waals surface area contributed by atoms with Gasteiger partial charge in [-0.1, -0.05) is 15.9 Å². The average molecular weight is 260 g/mol. The van der Waals surface area contributed by atoms with Crippen molar-refractivity contribution in [1.82, 2.24) is 0 Å². The lowest BCUT2D eigenvalue weighted by Crippen LogP contribution is -2.23. The van der Waals surface area contributed by atoms with Crippen LogP contribution in [0.4, 0.5) is 0 Å². The second kappa shape index (κ2) is 4.77. The Hall–Kier alpha value is -0.580. The van der Waals surface area contributed by atoms with Gasteiger partial charge in [0.15, 0.2) is 0 Å². The van der Waals surface area contributed by atoms with Gasteiger partial charge < -0.3 is 15.6 Å². The number of aliphatic hydroxyl groups excluding tert-OH is 1. The summed E-state index contributed by atoms with van der Waals surface area (Å²) < 4.78 is 5.96. The molecule has 0 spiro atoms. The molecule has 0 radical (unpaired) electrons. The van der Waals surface area contributed by atoms with Crippen LogP contribution >= 0.6 is 15.9 Å². The summed E-state index contributed by atoms with van der Waals surface area (Å²) in [5, 5.41) is 9.38. The molecule has 0 aliphatic carbocycles. The number of benzene rings is 1. The molecule has 3 nitrogen and oxygen atoms in total. The van der Waals surface area contributed by atoms with Crippen LogP contribution in [-0.4, -0.2) is 18.3 Å².